The van der Waals surface area contributed by atoms with Gasteiger partial charge in [-0.25, -0.2) is 12.8 Å². The van der Waals surface area contributed by atoms with Gasteiger partial charge in [-0.2, -0.15) is 0 Å². The molecule has 29 heavy (non-hydrogen) atoms. The van der Waals surface area contributed by atoms with Gasteiger partial charge in [-0.3, -0.25) is 4.72 Å². The van der Waals surface area contributed by atoms with Gasteiger partial charge in [-0.1, -0.05) is 41.9 Å². The molecule has 0 aromatic heterocycles. The molecule has 150 valence electrons. The molecule has 0 bridgehead atoms. The van der Waals surface area contributed by atoms with E-state index in [2.05, 4.69) is 15.4 Å². The van der Waals surface area contributed by atoms with Crippen molar-refractivity contribution in [2.24, 2.45) is 0 Å². The third kappa shape index (κ3) is 5.23. The summed E-state index contributed by atoms with van der Waals surface area (Å²) in [4.78, 5) is -0.0184. The summed E-state index contributed by atoms with van der Waals surface area (Å²) in [5.41, 5.74) is 1.41. The lowest BCUT2D eigenvalue weighted by Gasteiger charge is -2.16. The number of para-hydroxylation sites is 2. The highest BCUT2D eigenvalue weighted by Crippen LogP contribution is 2.28. The molecular weight excluding hydrogens is 433 g/mol. The van der Waals surface area contributed by atoms with E-state index in [0.29, 0.717) is 0 Å². The molecule has 0 amide bonds. The second-order valence-electron chi connectivity index (χ2n) is 6.14. The zero-order valence-corrected chi connectivity index (χ0v) is 17.6. The van der Waals surface area contributed by atoms with E-state index >= 15 is 0 Å². The molecule has 0 aliphatic heterocycles. The summed E-state index contributed by atoms with van der Waals surface area (Å²) in [6, 6.07) is 17.4. The summed E-state index contributed by atoms with van der Waals surface area (Å²) < 4.78 is 42.3. The van der Waals surface area contributed by atoms with Crippen LogP contribution in [-0.2, 0) is 10.0 Å². The highest BCUT2D eigenvalue weighted by Gasteiger charge is 2.21. The van der Waals surface area contributed by atoms with Crippen molar-refractivity contribution in [3.05, 3.63) is 83.1 Å². The molecule has 0 heterocycles. The fourth-order valence-corrected chi connectivity index (χ4v) is 4.32. The molecule has 0 aliphatic carbocycles. The third-order valence-electron chi connectivity index (χ3n) is 3.92. The van der Waals surface area contributed by atoms with E-state index in [0.717, 1.165) is 5.56 Å². The van der Waals surface area contributed by atoms with Gasteiger partial charge >= 0.3 is 0 Å². The predicted molar refractivity (Wildman–Crippen MR) is 120 cm³/mol. The Labute approximate surface area is 179 Å². The summed E-state index contributed by atoms with van der Waals surface area (Å²) in [7, 11) is -3.97. The molecule has 0 unspecified atom stereocenters. The maximum absolute atomic E-state index is 13.8. The van der Waals surface area contributed by atoms with Crippen molar-refractivity contribution < 1.29 is 12.8 Å². The van der Waals surface area contributed by atoms with Crippen LogP contribution in [0.5, 0.6) is 0 Å². The molecule has 3 aromatic rings. The van der Waals surface area contributed by atoms with Gasteiger partial charge in [0.1, 0.15) is 10.7 Å². The van der Waals surface area contributed by atoms with Crippen LogP contribution in [0.3, 0.4) is 0 Å². The molecule has 0 spiro atoms. The lowest BCUT2D eigenvalue weighted by molar-refractivity contribution is 0.601. The SMILES string of the molecule is Cc1ccc(NC(=S)Nc2ccccc2F)c(S(=O)(=O)Nc2ccccc2Cl)c1. The van der Waals surface area contributed by atoms with Crippen LogP contribution in [0, 0.1) is 12.7 Å². The smallest absolute Gasteiger partial charge is 0.264 e. The van der Waals surface area contributed by atoms with E-state index in [1.54, 1.807) is 55.5 Å². The van der Waals surface area contributed by atoms with Crippen molar-refractivity contribution >= 4 is 56.0 Å². The molecule has 3 N–H and O–H groups in total. The minimum absolute atomic E-state index is 0.0184. The molecule has 0 radical (unpaired) electrons. The van der Waals surface area contributed by atoms with Crippen LogP contribution < -0.4 is 15.4 Å². The normalized spacial score (nSPS) is 11.0. The Kier molecular flexibility index (Phi) is 6.36. The number of halogens is 2. The van der Waals surface area contributed by atoms with Crippen molar-refractivity contribution in [1.82, 2.24) is 0 Å². The van der Waals surface area contributed by atoms with E-state index in [9.17, 15) is 12.8 Å². The number of aryl methyl sites for hydroxylation is 1. The largest absolute Gasteiger partial charge is 0.331 e. The van der Waals surface area contributed by atoms with Crippen LogP contribution in [-0.4, -0.2) is 13.5 Å². The number of thiocarbonyl (C=S) groups is 1. The highest BCUT2D eigenvalue weighted by molar-refractivity contribution is 7.93. The number of benzene rings is 3. The average Bonchev–Trinajstić information content (AvgIpc) is 2.67. The van der Waals surface area contributed by atoms with Crippen LogP contribution in [0.1, 0.15) is 5.56 Å². The van der Waals surface area contributed by atoms with E-state index in [1.165, 1.54) is 18.2 Å². The Morgan fingerprint density at radius 3 is 2.24 bits per heavy atom. The quantitative estimate of drug-likeness (QED) is 0.455. The number of anilines is 3. The van der Waals surface area contributed by atoms with Crippen molar-refractivity contribution in [1.29, 1.82) is 0 Å². The molecular formula is C20H17ClFN3O2S2. The Hall–Kier alpha value is -2.68. The van der Waals surface area contributed by atoms with Crippen LogP contribution in [0.2, 0.25) is 5.02 Å². The van der Waals surface area contributed by atoms with Gasteiger partial charge in [0.2, 0.25) is 0 Å². The molecule has 0 saturated heterocycles. The number of nitrogens with one attached hydrogen (secondary N) is 3. The minimum atomic E-state index is -3.97. The maximum atomic E-state index is 13.8. The van der Waals surface area contributed by atoms with Gasteiger partial charge in [0, 0.05) is 0 Å². The molecule has 9 heteroatoms. The first-order valence-corrected chi connectivity index (χ1v) is 10.7. The van der Waals surface area contributed by atoms with Gasteiger partial charge in [0.25, 0.3) is 10.0 Å². The fourth-order valence-electron chi connectivity index (χ4n) is 2.54. The molecule has 0 atom stereocenters. The lowest BCUT2D eigenvalue weighted by atomic mass is 10.2. The van der Waals surface area contributed by atoms with Gasteiger partial charge in [-0.05, 0) is 61.1 Å². The lowest BCUT2D eigenvalue weighted by Crippen LogP contribution is -2.22. The van der Waals surface area contributed by atoms with E-state index < -0.39 is 15.8 Å². The molecule has 3 aromatic carbocycles. The standard InChI is InChI=1S/C20H17ClFN3O2S2/c1-13-10-11-18(24-20(28)23-17-9-5-3-7-15(17)22)19(12-13)29(26,27)25-16-8-4-2-6-14(16)21/h2-12,25H,1H3,(H2,23,24,28). The Morgan fingerprint density at radius 2 is 1.55 bits per heavy atom. The monoisotopic (exact) mass is 449 g/mol. The van der Waals surface area contributed by atoms with Crippen LogP contribution in [0.25, 0.3) is 0 Å². The first kappa shape index (κ1) is 21.0. The van der Waals surface area contributed by atoms with Crippen molar-refractivity contribution in [2.75, 3.05) is 15.4 Å². The highest BCUT2D eigenvalue weighted by atomic mass is 35.5. The second-order valence-corrected chi connectivity index (χ2v) is 8.61. The third-order valence-corrected chi connectivity index (χ3v) is 5.85. The summed E-state index contributed by atoms with van der Waals surface area (Å²) in [6.07, 6.45) is 0. The van der Waals surface area contributed by atoms with Gasteiger partial charge in [0.05, 0.1) is 22.1 Å². The molecule has 0 aliphatic rings. The first-order valence-electron chi connectivity index (χ1n) is 8.47. The summed E-state index contributed by atoms with van der Waals surface area (Å²) in [5, 5.41) is 5.86. The average molecular weight is 450 g/mol. The van der Waals surface area contributed by atoms with Crippen LogP contribution in [0.4, 0.5) is 21.5 Å². The van der Waals surface area contributed by atoms with E-state index in [-0.39, 0.29) is 32.1 Å². The van der Waals surface area contributed by atoms with Gasteiger partial charge < -0.3 is 10.6 Å². The van der Waals surface area contributed by atoms with Crippen molar-refractivity contribution in [3.63, 3.8) is 0 Å². The Bertz CT molecular complexity index is 1170. The number of hydrogen-bond donors (Lipinski definition) is 3. The number of sulfonamides is 1. The number of hydrogen-bond acceptors (Lipinski definition) is 3. The molecule has 0 saturated carbocycles. The Morgan fingerprint density at radius 1 is 0.931 bits per heavy atom. The van der Waals surface area contributed by atoms with Crippen LogP contribution >= 0.6 is 23.8 Å². The zero-order valence-electron chi connectivity index (χ0n) is 15.2. The van der Waals surface area contributed by atoms with Crippen LogP contribution in [0.15, 0.2) is 71.6 Å². The Balaban J connectivity index is 1.88. The molecule has 0 fully saturated rings. The second kappa shape index (κ2) is 8.77. The van der Waals surface area contributed by atoms with E-state index in [1.807, 2.05) is 0 Å². The molecule has 3 rings (SSSR count). The van der Waals surface area contributed by atoms with Gasteiger partial charge in [0.15, 0.2) is 5.11 Å². The van der Waals surface area contributed by atoms with Crippen molar-refractivity contribution in [3.8, 4) is 0 Å². The fraction of sp³-hybridized carbons (Fsp3) is 0.0500. The van der Waals surface area contributed by atoms with Crippen molar-refractivity contribution in [2.45, 2.75) is 11.8 Å². The zero-order chi connectivity index (χ0) is 21.0. The topological polar surface area (TPSA) is 70.2 Å². The predicted octanol–water partition coefficient (Wildman–Crippen LogP) is 5.40. The summed E-state index contributed by atoms with van der Waals surface area (Å²) in [6.45, 7) is 1.77. The minimum Gasteiger partial charge on any atom is -0.331 e. The first-order chi connectivity index (χ1) is 13.8. The molecule has 5 nitrogen and oxygen atoms in total. The van der Waals surface area contributed by atoms with E-state index in [4.69, 9.17) is 23.8 Å². The van der Waals surface area contributed by atoms with Gasteiger partial charge in [-0.15, -0.1) is 0 Å². The number of rotatable bonds is 5. The maximum Gasteiger partial charge on any atom is 0.264 e. The summed E-state index contributed by atoms with van der Waals surface area (Å²) in [5.74, 6) is -0.478. The summed E-state index contributed by atoms with van der Waals surface area (Å²) >= 11 is 11.3.